The van der Waals surface area contributed by atoms with Crippen molar-refractivity contribution in [2.75, 3.05) is 44.4 Å². The molecule has 2 heterocycles. The van der Waals surface area contributed by atoms with Crippen LogP contribution < -0.4 is 15.0 Å². The second kappa shape index (κ2) is 6.21. The lowest BCUT2D eigenvalue weighted by Gasteiger charge is -2.21. The van der Waals surface area contributed by atoms with Crippen molar-refractivity contribution < 1.29 is 4.74 Å². The van der Waals surface area contributed by atoms with Crippen LogP contribution in [0.1, 0.15) is 20.3 Å². The third-order valence-corrected chi connectivity index (χ3v) is 3.34. The van der Waals surface area contributed by atoms with Gasteiger partial charge in [0.25, 0.3) is 0 Å². The van der Waals surface area contributed by atoms with Gasteiger partial charge in [-0.1, -0.05) is 0 Å². The SMILES string of the molecule is CNc1nc(OC(C)C)nc(N2CCC(N(C)C)C2)n1. The molecule has 1 N–H and O–H groups in total. The smallest absolute Gasteiger partial charge is 0.323 e. The highest BCUT2D eigenvalue weighted by Gasteiger charge is 2.26. The van der Waals surface area contributed by atoms with Crippen molar-refractivity contribution in [2.45, 2.75) is 32.4 Å². The minimum Gasteiger partial charge on any atom is -0.461 e. The van der Waals surface area contributed by atoms with Crippen LogP contribution in [-0.4, -0.2) is 66.2 Å². The topological polar surface area (TPSA) is 66.4 Å². The predicted molar refractivity (Wildman–Crippen MR) is 79.4 cm³/mol. The van der Waals surface area contributed by atoms with Gasteiger partial charge < -0.3 is 19.9 Å². The van der Waals surface area contributed by atoms with Crippen LogP contribution in [0, 0.1) is 0 Å². The molecule has 0 aliphatic carbocycles. The Morgan fingerprint density at radius 3 is 2.60 bits per heavy atom. The summed E-state index contributed by atoms with van der Waals surface area (Å²) in [5, 5.41) is 2.96. The molecule has 0 aromatic carbocycles. The summed E-state index contributed by atoms with van der Waals surface area (Å²) in [5.74, 6) is 1.23. The van der Waals surface area contributed by atoms with Crippen LogP contribution in [0.2, 0.25) is 0 Å². The maximum absolute atomic E-state index is 5.59. The van der Waals surface area contributed by atoms with Gasteiger partial charge in [0.15, 0.2) is 0 Å². The maximum Gasteiger partial charge on any atom is 0.323 e. The van der Waals surface area contributed by atoms with Crippen LogP contribution in [0.25, 0.3) is 0 Å². The van der Waals surface area contributed by atoms with Gasteiger partial charge in [-0.15, -0.1) is 0 Å². The average Bonchev–Trinajstić information content (AvgIpc) is 2.87. The fourth-order valence-corrected chi connectivity index (χ4v) is 2.21. The van der Waals surface area contributed by atoms with Gasteiger partial charge >= 0.3 is 6.01 Å². The fraction of sp³-hybridized carbons (Fsp3) is 0.769. The zero-order chi connectivity index (χ0) is 14.7. The van der Waals surface area contributed by atoms with Gasteiger partial charge in [-0.05, 0) is 34.4 Å². The zero-order valence-electron chi connectivity index (χ0n) is 12.9. The Labute approximate surface area is 120 Å². The summed E-state index contributed by atoms with van der Waals surface area (Å²) in [6.45, 7) is 5.80. The maximum atomic E-state index is 5.59. The van der Waals surface area contributed by atoms with Gasteiger partial charge in [0.05, 0.1) is 6.10 Å². The van der Waals surface area contributed by atoms with E-state index in [1.54, 1.807) is 7.05 Å². The molecule has 1 aromatic rings. The van der Waals surface area contributed by atoms with Gasteiger partial charge in [0.2, 0.25) is 11.9 Å². The summed E-state index contributed by atoms with van der Waals surface area (Å²) in [6.07, 6.45) is 1.16. The molecule has 0 amide bonds. The van der Waals surface area contributed by atoms with Crippen LogP contribution in [0.3, 0.4) is 0 Å². The van der Waals surface area contributed by atoms with Gasteiger partial charge in [-0.2, -0.15) is 15.0 Å². The Kier molecular flexibility index (Phi) is 4.59. The molecule has 1 saturated heterocycles. The normalized spacial score (nSPS) is 18.9. The van der Waals surface area contributed by atoms with E-state index in [-0.39, 0.29) is 6.10 Å². The van der Waals surface area contributed by atoms with Crippen molar-refractivity contribution >= 4 is 11.9 Å². The first-order chi connectivity index (χ1) is 9.49. The van der Waals surface area contributed by atoms with Crippen molar-refractivity contribution in [1.82, 2.24) is 19.9 Å². The number of likely N-dealkylation sites (N-methyl/N-ethyl adjacent to an activating group) is 1. The zero-order valence-corrected chi connectivity index (χ0v) is 12.9. The molecule has 1 aliphatic rings. The van der Waals surface area contributed by atoms with E-state index in [0.29, 0.717) is 23.9 Å². The Balaban J connectivity index is 2.18. The molecule has 1 aromatic heterocycles. The second-order valence-electron chi connectivity index (χ2n) is 5.51. The number of aromatic nitrogens is 3. The Bertz CT molecular complexity index is 450. The molecule has 2 rings (SSSR count). The monoisotopic (exact) mass is 280 g/mol. The van der Waals surface area contributed by atoms with Crippen molar-refractivity contribution in [3.8, 4) is 6.01 Å². The fourth-order valence-electron chi connectivity index (χ4n) is 2.21. The van der Waals surface area contributed by atoms with Crippen LogP contribution in [0.15, 0.2) is 0 Å². The molecule has 7 heteroatoms. The highest BCUT2D eigenvalue weighted by Crippen LogP contribution is 2.21. The lowest BCUT2D eigenvalue weighted by molar-refractivity contribution is 0.222. The summed E-state index contributed by atoms with van der Waals surface area (Å²) >= 11 is 0. The van der Waals surface area contributed by atoms with E-state index in [4.69, 9.17) is 4.74 Å². The van der Waals surface area contributed by atoms with Crippen molar-refractivity contribution in [2.24, 2.45) is 0 Å². The number of hydrogen-bond donors (Lipinski definition) is 1. The summed E-state index contributed by atoms with van der Waals surface area (Å²) in [5.41, 5.74) is 0. The Morgan fingerprint density at radius 2 is 2.05 bits per heavy atom. The summed E-state index contributed by atoms with van der Waals surface area (Å²) in [4.78, 5) is 17.5. The molecule has 0 spiro atoms. The number of hydrogen-bond acceptors (Lipinski definition) is 7. The second-order valence-corrected chi connectivity index (χ2v) is 5.51. The van der Waals surface area contributed by atoms with E-state index in [2.05, 4.69) is 44.2 Å². The molecule has 1 fully saturated rings. The quantitative estimate of drug-likeness (QED) is 0.857. The molecule has 0 radical (unpaired) electrons. The van der Waals surface area contributed by atoms with Crippen molar-refractivity contribution in [3.63, 3.8) is 0 Å². The third-order valence-electron chi connectivity index (χ3n) is 3.34. The van der Waals surface area contributed by atoms with Crippen LogP contribution in [-0.2, 0) is 0 Å². The van der Waals surface area contributed by atoms with Crippen LogP contribution in [0.4, 0.5) is 11.9 Å². The first-order valence-electron chi connectivity index (χ1n) is 7.01. The molecule has 1 aliphatic heterocycles. The molecule has 0 saturated carbocycles. The van der Waals surface area contributed by atoms with E-state index in [1.807, 2.05) is 13.8 Å². The minimum atomic E-state index is 0.0445. The molecule has 112 valence electrons. The standard InChI is InChI=1S/C13H24N6O/c1-9(2)20-13-16-11(14-3)15-12(17-13)19-7-6-10(8-19)18(4)5/h9-10H,6-8H2,1-5H3,(H,14,15,16,17). The largest absolute Gasteiger partial charge is 0.461 e. The predicted octanol–water partition coefficient (Wildman–Crippen LogP) is 0.841. The van der Waals surface area contributed by atoms with E-state index >= 15 is 0 Å². The van der Waals surface area contributed by atoms with Crippen LogP contribution in [0.5, 0.6) is 6.01 Å². The molecule has 1 atom stereocenters. The highest BCUT2D eigenvalue weighted by molar-refractivity contribution is 5.39. The summed E-state index contributed by atoms with van der Waals surface area (Å²) in [6, 6.07) is 0.918. The lowest BCUT2D eigenvalue weighted by Crippen LogP contribution is -2.32. The van der Waals surface area contributed by atoms with Gasteiger partial charge in [0.1, 0.15) is 0 Å². The average molecular weight is 280 g/mol. The number of nitrogens with zero attached hydrogens (tertiary/aromatic N) is 5. The van der Waals surface area contributed by atoms with Gasteiger partial charge in [-0.25, -0.2) is 0 Å². The summed E-state index contributed by atoms with van der Waals surface area (Å²) < 4.78 is 5.59. The molecular formula is C13H24N6O. The first-order valence-corrected chi connectivity index (χ1v) is 7.01. The van der Waals surface area contributed by atoms with E-state index in [9.17, 15) is 0 Å². The molecule has 0 bridgehead atoms. The highest BCUT2D eigenvalue weighted by atomic mass is 16.5. The number of nitrogens with one attached hydrogen (secondary N) is 1. The van der Waals surface area contributed by atoms with Gasteiger partial charge in [0, 0.05) is 26.2 Å². The van der Waals surface area contributed by atoms with E-state index in [0.717, 1.165) is 19.5 Å². The van der Waals surface area contributed by atoms with Crippen LogP contribution >= 0.6 is 0 Å². The number of ether oxygens (including phenoxy) is 1. The first kappa shape index (κ1) is 14.8. The molecule has 1 unspecified atom stereocenters. The minimum absolute atomic E-state index is 0.0445. The third kappa shape index (κ3) is 3.47. The lowest BCUT2D eigenvalue weighted by atomic mass is 10.2. The van der Waals surface area contributed by atoms with Crippen molar-refractivity contribution in [3.05, 3.63) is 0 Å². The number of anilines is 2. The van der Waals surface area contributed by atoms with Gasteiger partial charge in [-0.3, -0.25) is 0 Å². The van der Waals surface area contributed by atoms with E-state index < -0.39 is 0 Å². The Morgan fingerprint density at radius 1 is 1.30 bits per heavy atom. The summed E-state index contributed by atoms with van der Waals surface area (Å²) in [7, 11) is 6.01. The number of rotatable bonds is 5. The molecular weight excluding hydrogens is 256 g/mol. The molecule has 7 nitrogen and oxygen atoms in total. The molecule has 20 heavy (non-hydrogen) atoms. The Hall–Kier alpha value is -1.63. The van der Waals surface area contributed by atoms with E-state index in [1.165, 1.54) is 0 Å². The van der Waals surface area contributed by atoms with Crippen molar-refractivity contribution in [1.29, 1.82) is 0 Å².